The van der Waals surface area contributed by atoms with Crippen LogP contribution in [0.25, 0.3) is 11.0 Å². The van der Waals surface area contributed by atoms with Crippen LogP contribution in [-0.2, 0) is 6.42 Å². The van der Waals surface area contributed by atoms with Gasteiger partial charge in [-0.2, -0.15) is 0 Å². The molecule has 1 amide bonds. The molecule has 1 aliphatic heterocycles. The number of amides is 1. The topological polar surface area (TPSA) is 106 Å². The fourth-order valence-electron chi connectivity index (χ4n) is 4.83. The highest BCUT2D eigenvalue weighted by Crippen LogP contribution is 2.35. The van der Waals surface area contributed by atoms with Gasteiger partial charge < -0.3 is 34.7 Å². The maximum absolute atomic E-state index is 14.7. The minimum atomic E-state index is -1.07. The molecule has 1 aliphatic rings. The van der Waals surface area contributed by atoms with Crippen molar-refractivity contribution in [3.8, 4) is 11.5 Å². The van der Waals surface area contributed by atoms with Gasteiger partial charge in [0.15, 0.2) is 34.5 Å². The number of nitrogens with one attached hydrogen (secondary N) is 1. The van der Waals surface area contributed by atoms with E-state index in [4.69, 9.17) is 19.6 Å². The van der Waals surface area contributed by atoms with E-state index in [9.17, 15) is 13.6 Å². The van der Waals surface area contributed by atoms with Crippen molar-refractivity contribution in [2.24, 2.45) is 0 Å². The zero-order valence-electron chi connectivity index (χ0n) is 22.6. The Bertz CT molecular complexity index is 1520. The molecule has 2 aromatic heterocycles. The fourth-order valence-corrected chi connectivity index (χ4v) is 4.83. The van der Waals surface area contributed by atoms with E-state index in [-0.39, 0.29) is 17.3 Å². The maximum atomic E-state index is 14.7. The first-order valence-corrected chi connectivity index (χ1v) is 13.0. The van der Waals surface area contributed by atoms with Crippen molar-refractivity contribution in [2.45, 2.75) is 13.3 Å². The van der Waals surface area contributed by atoms with Crippen molar-refractivity contribution in [1.82, 2.24) is 9.88 Å². The Morgan fingerprint density at radius 3 is 2.38 bits per heavy atom. The zero-order chi connectivity index (χ0) is 28.4. The molecule has 1 fully saturated rings. The highest BCUT2D eigenvalue weighted by atomic mass is 19.1. The summed E-state index contributed by atoms with van der Waals surface area (Å²) >= 11 is 0. The maximum Gasteiger partial charge on any atom is 0.291 e. The normalized spacial score (nSPS) is 14.0. The molecule has 11 heteroatoms. The van der Waals surface area contributed by atoms with Gasteiger partial charge in [-0.25, -0.2) is 8.78 Å². The molecule has 0 aliphatic carbocycles. The number of piperazine rings is 1. The number of furan rings is 1. The monoisotopic (exact) mass is 551 g/mol. The molecule has 1 saturated heterocycles. The first kappa shape index (κ1) is 27.2. The summed E-state index contributed by atoms with van der Waals surface area (Å²) in [6, 6.07) is 10.4. The Balaban J connectivity index is 1.32. The molecule has 5 rings (SSSR count). The van der Waals surface area contributed by atoms with Gasteiger partial charge in [0.05, 0.1) is 20.4 Å². The Morgan fingerprint density at radius 1 is 1.05 bits per heavy atom. The molecule has 210 valence electrons. The van der Waals surface area contributed by atoms with E-state index in [1.54, 1.807) is 6.07 Å². The van der Waals surface area contributed by atoms with Crippen LogP contribution >= 0.6 is 0 Å². The van der Waals surface area contributed by atoms with Gasteiger partial charge in [-0.05, 0) is 36.4 Å². The molecule has 2 aromatic carbocycles. The van der Waals surface area contributed by atoms with E-state index in [1.807, 2.05) is 12.1 Å². The Labute approximate surface area is 230 Å². The van der Waals surface area contributed by atoms with Crippen LogP contribution in [-0.4, -0.2) is 62.7 Å². The van der Waals surface area contributed by atoms with Crippen molar-refractivity contribution in [3.05, 3.63) is 71.2 Å². The second-order valence-electron chi connectivity index (χ2n) is 9.54. The van der Waals surface area contributed by atoms with Gasteiger partial charge in [0.25, 0.3) is 5.91 Å². The largest absolute Gasteiger partial charge is 0.493 e. The lowest BCUT2D eigenvalue weighted by Gasteiger charge is -2.35. The fraction of sp³-hybridized carbons (Fsp3) is 0.310. The number of carbonyl (C=O) groups excluding carboxylic acids is 1. The summed E-state index contributed by atoms with van der Waals surface area (Å²) in [6.45, 7) is 7.23. The van der Waals surface area contributed by atoms with Gasteiger partial charge in [0.1, 0.15) is 5.69 Å². The molecule has 40 heavy (non-hydrogen) atoms. The van der Waals surface area contributed by atoms with Crippen molar-refractivity contribution < 1.29 is 27.5 Å². The third-order valence-electron chi connectivity index (χ3n) is 7.18. The molecule has 0 spiro atoms. The van der Waals surface area contributed by atoms with Crippen LogP contribution in [0, 0.1) is 11.6 Å². The number of halogens is 2. The number of anilines is 3. The van der Waals surface area contributed by atoms with Crippen molar-refractivity contribution in [1.29, 1.82) is 0 Å². The van der Waals surface area contributed by atoms with Gasteiger partial charge in [-0.1, -0.05) is 13.0 Å². The van der Waals surface area contributed by atoms with E-state index in [0.29, 0.717) is 23.1 Å². The first-order chi connectivity index (χ1) is 19.3. The van der Waals surface area contributed by atoms with Crippen LogP contribution < -0.4 is 25.4 Å². The molecular weight excluding hydrogens is 520 g/mol. The average Bonchev–Trinajstić information content (AvgIpc) is 3.40. The van der Waals surface area contributed by atoms with Crippen molar-refractivity contribution >= 4 is 33.9 Å². The van der Waals surface area contributed by atoms with Crippen LogP contribution in [0.1, 0.15) is 28.7 Å². The molecule has 3 N–H and O–H groups in total. The summed E-state index contributed by atoms with van der Waals surface area (Å²) in [4.78, 5) is 22.1. The summed E-state index contributed by atoms with van der Waals surface area (Å²) < 4.78 is 44.8. The number of nitrogen functional groups attached to an aromatic ring is 1. The standard InChI is InChI=1S/C29H31F2N5O4/c1-4-35-7-9-36(10-8-35)20-6-5-17(21(32)14-20)11-19-12-18-13-24(40-25(18)16-33-19)29(37)34-28-26(30)22(38-2)15-23(39-3)27(28)31/h5-6,12-16H,4,7-11,32H2,1-3H3,(H,34,37). The number of rotatable bonds is 8. The molecule has 0 unspecified atom stereocenters. The zero-order valence-corrected chi connectivity index (χ0v) is 22.6. The summed E-state index contributed by atoms with van der Waals surface area (Å²) in [7, 11) is 2.45. The number of benzene rings is 2. The van der Waals surface area contributed by atoms with E-state index in [1.165, 1.54) is 26.5 Å². The number of likely N-dealkylation sites (N-methyl/N-ethyl adjacent to an activating group) is 1. The first-order valence-electron chi connectivity index (χ1n) is 13.0. The second kappa shape index (κ2) is 11.4. The predicted molar refractivity (Wildman–Crippen MR) is 149 cm³/mol. The van der Waals surface area contributed by atoms with Crippen molar-refractivity contribution in [3.63, 3.8) is 0 Å². The average molecular weight is 552 g/mol. The van der Waals surface area contributed by atoms with Gasteiger partial charge in [-0.15, -0.1) is 0 Å². The van der Waals surface area contributed by atoms with Crippen LogP contribution in [0.15, 0.2) is 47.0 Å². The van der Waals surface area contributed by atoms with Crippen LogP contribution in [0.4, 0.5) is 25.8 Å². The lowest BCUT2D eigenvalue weighted by Crippen LogP contribution is -2.46. The number of hydrogen-bond acceptors (Lipinski definition) is 8. The summed E-state index contributed by atoms with van der Waals surface area (Å²) in [6.07, 6.45) is 1.99. The molecule has 9 nitrogen and oxygen atoms in total. The highest BCUT2D eigenvalue weighted by Gasteiger charge is 2.24. The number of methoxy groups -OCH3 is 2. The van der Waals surface area contributed by atoms with E-state index < -0.39 is 23.2 Å². The minimum absolute atomic E-state index is 0.137. The van der Waals surface area contributed by atoms with Gasteiger partial charge in [0, 0.05) is 61.1 Å². The quantitative estimate of drug-likeness (QED) is 0.304. The molecule has 0 radical (unpaired) electrons. The van der Waals surface area contributed by atoms with Gasteiger partial charge in [-0.3, -0.25) is 9.78 Å². The predicted octanol–water partition coefficient (Wildman–Crippen LogP) is 4.69. The number of hydrogen-bond donors (Lipinski definition) is 2. The molecular formula is C29H31F2N5O4. The van der Waals surface area contributed by atoms with Crippen LogP contribution in [0.5, 0.6) is 11.5 Å². The Kier molecular flexibility index (Phi) is 7.74. The van der Waals surface area contributed by atoms with E-state index in [0.717, 1.165) is 55.7 Å². The van der Waals surface area contributed by atoms with Crippen LogP contribution in [0.3, 0.4) is 0 Å². The third-order valence-corrected chi connectivity index (χ3v) is 7.18. The number of pyridine rings is 1. The minimum Gasteiger partial charge on any atom is -0.493 e. The molecule has 4 aromatic rings. The van der Waals surface area contributed by atoms with Gasteiger partial charge in [0.2, 0.25) is 0 Å². The highest BCUT2D eigenvalue weighted by molar-refractivity contribution is 6.05. The summed E-state index contributed by atoms with van der Waals surface area (Å²) in [5.41, 5.74) is 9.51. The lowest BCUT2D eigenvalue weighted by molar-refractivity contribution is 0.0997. The lowest BCUT2D eigenvalue weighted by atomic mass is 10.0. The SMILES string of the molecule is CCN1CCN(c2ccc(Cc3cc4cc(C(=O)Nc5c(F)c(OC)cc(OC)c5F)oc4cn3)c(N)c2)CC1. The summed E-state index contributed by atoms with van der Waals surface area (Å²) in [5, 5.41) is 2.83. The number of aromatic nitrogens is 1. The number of nitrogens with two attached hydrogens (primary N) is 1. The third kappa shape index (κ3) is 5.37. The van der Waals surface area contributed by atoms with E-state index in [2.05, 4.69) is 33.1 Å². The molecule has 0 atom stereocenters. The number of ether oxygens (including phenoxy) is 2. The van der Waals surface area contributed by atoms with Gasteiger partial charge >= 0.3 is 0 Å². The Hall–Kier alpha value is -4.38. The van der Waals surface area contributed by atoms with Crippen LogP contribution in [0.2, 0.25) is 0 Å². The number of carbonyl (C=O) groups is 1. The summed E-state index contributed by atoms with van der Waals surface area (Å²) in [5.74, 6) is -3.68. The van der Waals surface area contributed by atoms with E-state index >= 15 is 0 Å². The molecule has 0 bridgehead atoms. The number of nitrogens with zero attached hydrogens (tertiary/aromatic N) is 3. The Morgan fingerprint density at radius 2 is 1.75 bits per heavy atom. The van der Waals surface area contributed by atoms with Crippen molar-refractivity contribution in [2.75, 3.05) is 62.9 Å². The smallest absolute Gasteiger partial charge is 0.291 e. The second-order valence-corrected chi connectivity index (χ2v) is 9.54. The molecule has 0 saturated carbocycles. The number of fused-ring (bicyclic) bond motifs is 1. The molecule has 3 heterocycles.